The predicted octanol–water partition coefficient (Wildman–Crippen LogP) is 3.52. The van der Waals surface area contributed by atoms with Crippen molar-refractivity contribution in [3.05, 3.63) is 24.3 Å². The van der Waals surface area contributed by atoms with E-state index in [0.29, 0.717) is 5.69 Å². The summed E-state index contributed by atoms with van der Waals surface area (Å²) in [6.45, 7) is 1.97. The minimum absolute atomic E-state index is 0.0120. The van der Waals surface area contributed by atoms with Crippen molar-refractivity contribution in [2.75, 3.05) is 16.8 Å². The van der Waals surface area contributed by atoms with E-state index in [1.54, 1.807) is 17.8 Å². The van der Waals surface area contributed by atoms with Crippen LogP contribution < -0.4 is 11.1 Å². The number of nitrogen functional groups attached to an aromatic ring is 1. The molecular weight excluding hydrogens is 256 g/mol. The fourth-order valence-electron chi connectivity index (χ4n) is 2.39. The number of benzene rings is 1. The predicted molar refractivity (Wildman–Crippen MR) is 83.4 cm³/mol. The summed E-state index contributed by atoms with van der Waals surface area (Å²) in [6.07, 6.45) is 5.37. The number of rotatable bonds is 5. The van der Waals surface area contributed by atoms with E-state index < -0.39 is 0 Å². The molecule has 1 atom stereocenters. The molecule has 19 heavy (non-hydrogen) atoms. The number of hydrogen-bond donors (Lipinski definition) is 2. The van der Waals surface area contributed by atoms with Gasteiger partial charge in [-0.05, 0) is 49.6 Å². The van der Waals surface area contributed by atoms with Crippen LogP contribution in [0.3, 0.4) is 0 Å². The molecule has 1 unspecified atom stereocenters. The summed E-state index contributed by atoms with van der Waals surface area (Å²) < 4.78 is 0. The van der Waals surface area contributed by atoms with E-state index in [-0.39, 0.29) is 11.2 Å². The number of nitrogens with two attached hydrogens (primary N) is 1. The molecule has 1 aliphatic rings. The maximum atomic E-state index is 12.1. The average molecular weight is 278 g/mol. The first-order valence-corrected chi connectivity index (χ1v) is 7.98. The van der Waals surface area contributed by atoms with Gasteiger partial charge in [0.05, 0.1) is 5.25 Å². The Morgan fingerprint density at radius 1 is 1.47 bits per heavy atom. The largest absolute Gasteiger partial charge is 0.399 e. The van der Waals surface area contributed by atoms with Crippen LogP contribution in [0.25, 0.3) is 0 Å². The minimum Gasteiger partial charge on any atom is -0.399 e. The van der Waals surface area contributed by atoms with Gasteiger partial charge in [0, 0.05) is 11.4 Å². The molecular formula is C15H22N2OS. The summed E-state index contributed by atoms with van der Waals surface area (Å²) in [6, 6.07) is 7.31. The van der Waals surface area contributed by atoms with Gasteiger partial charge in [-0.1, -0.05) is 18.9 Å². The summed E-state index contributed by atoms with van der Waals surface area (Å²) in [7, 11) is 0. The number of carbonyl (C=O) groups excluding carboxylic acids is 1. The molecule has 1 fully saturated rings. The maximum absolute atomic E-state index is 12.1. The summed E-state index contributed by atoms with van der Waals surface area (Å²) in [5, 5.41) is 2.91. The molecule has 0 heterocycles. The lowest BCUT2D eigenvalue weighted by Gasteiger charge is -2.14. The molecule has 0 aliphatic heterocycles. The van der Waals surface area contributed by atoms with Gasteiger partial charge in [-0.2, -0.15) is 0 Å². The van der Waals surface area contributed by atoms with Crippen LogP contribution in [0.1, 0.15) is 32.6 Å². The molecule has 1 aliphatic carbocycles. The fourth-order valence-corrected chi connectivity index (χ4v) is 3.50. The Labute approximate surface area is 119 Å². The Bertz CT molecular complexity index is 430. The summed E-state index contributed by atoms with van der Waals surface area (Å²) in [5.74, 6) is 1.98. The number of nitrogens with one attached hydrogen (secondary N) is 1. The lowest BCUT2D eigenvalue weighted by atomic mass is 10.1. The number of anilines is 2. The second-order valence-electron chi connectivity index (χ2n) is 5.24. The molecule has 1 aromatic carbocycles. The van der Waals surface area contributed by atoms with Gasteiger partial charge in [0.15, 0.2) is 0 Å². The molecule has 0 radical (unpaired) electrons. The van der Waals surface area contributed by atoms with Crippen molar-refractivity contribution in [1.29, 1.82) is 0 Å². The SMILES string of the molecule is CC(SCC1CCCC1)C(=O)Nc1cccc(N)c1. The second kappa shape index (κ2) is 6.85. The summed E-state index contributed by atoms with van der Waals surface area (Å²) >= 11 is 1.76. The maximum Gasteiger partial charge on any atom is 0.237 e. The first-order valence-electron chi connectivity index (χ1n) is 6.93. The van der Waals surface area contributed by atoms with E-state index in [2.05, 4.69) is 5.32 Å². The molecule has 0 saturated heterocycles. The van der Waals surface area contributed by atoms with E-state index in [4.69, 9.17) is 5.73 Å². The van der Waals surface area contributed by atoms with Crippen molar-refractivity contribution in [1.82, 2.24) is 0 Å². The molecule has 3 N–H and O–H groups in total. The zero-order valence-electron chi connectivity index (χ0n) is 11.4. The highest BCUT2D eigenvalue weighted by Gasteiger charge is 2.19. The van der Waals surface area contributed by atoms with Crippen molar-refractivity contribution in [3.8, 4) is 0 Å². The Morgan fingerprint density at radius 2 is 2.21 bits per heavy atom. The van der Waals surface area contributed by atoms with Gasteiger partial charge in [0.25, 0.3) is 0 Å². The van der Waals surface area contributed by atoms with Crippen molar-refractivity contribution in [3.63, 3.8) is 0 Å². The van der Waals surface area contributed by atoms with Crippen molar-refractivity contribution >= 4 is 29.0 Å². The fraction of sp³-hybridized carbons (Fsp3) is 0.533. The van der Waals surface area contributed by atoms with E-state index in [1.807, 2.05) is 25.1 Å². The van der Waals surface area contributed by atoms with E-state index in [9.17, 15) is 4.79 Å². The van der Waals surface area contributed by atoms with Crippen LogP contribution in [0, 0.1) is 5.92 Å². The molecule has 0 spiro atoms. The van der Waals surface area contributed by atoms with Crippen LogP contribution >= 0.6 is 11.8 Å². The van der Waals surface area contributed by atoms with Gasteiger partial charge in [0.2, 0.25) is 5.91 Å². The molecule has 0 bridgehead atoms. The minimum atomic E-state index is -0.0120. The van der Waals surface area contributed by atoms with Gasteiger partial charge in [-0.15, -0.1) is 11.8 Å². The van der Waals surface area contributed by atoms with Crippen molar-refractivity contribution in [2.24, 2.45) is 5.92 Å². The highest BCUT2D eigenvalue weighted by Crippen LogP contribution is 2.29. The molecule has 3 nitrogen and oxygen atoms in total. The van der Waals surface area contributed by atoms with E-state index >= 15 is 0 Å². The third-order valence-electron chi connectivity index (χ3n) is 3.58. The van der Waals surface area contributed by atoms with E-state index in [1.165, 1.54) is 25.7 Å². The molecule has 2 rings (SSSR count). The highest BCUT2D eigenvalue weighted by atomic mass is 32.2. The van der Waals surface area contributed by atoms with Crippen molar-refractivity contribution in [2.45, 2.75) is 37.9 Å². The van der Waals surface area contributed by atoms with Gasteiger partial charge in [-0.25, -0.2) is 0 Å². The third kappa shape index (κ3) is 4.46. The molecule has 0 aromatic heterocycles. The monoisotopic (exact) mass is 278 g/mol. The van der Waals surface area contributed by atoms with Crippen LogP contribution in [-0.2, 0) is 4.79 Å². The molecule has 104 valence electrons. The van der Waals surface area contributed by atoms with Crippen molar-refractivity contribution < 1.29 is 4.79 Å². The van der Waals surface area contributed by atoms with Gasteiger partial charge < -0.3 is 11.1 Å². The number of thioether (sulfide) groups is 1. The van der Waals surface area contributed by atoms with Crippen LogP contribution in [0.4, 0.5) is 11.4 Å². The van der Waals surface area contributed by atoms with Crippen LogP contribution in [0.2, 0.25) is 0 Å². The number of amides is 1. The summed E-state index contributed by atoms with van der Waals surface area (Å²) in [4.78, 5) is 12.1. The van der Waals surface area contributed by atoms with Gasteiger partial charge in [-0.3, -0.25) is 4.79 Å². The van der Waals surface area contributed by atoms with Gasteiger partial charge in [0.1, 0.15) is 0 Å². The topological polar surface area (TPSA) is 55.1 Å². The lowest BCUT2D eigenvalue weighted by Crippen LogP contribution is -2.23. The Kier molecular flexibility index (Phi) is 5.14. The Morgan fingerprint density at radius 3 is 2.89 bits per heavy atom. The Balaban J connectivity index is 1.78. The van der Waals surface area contributed by atoms with Crippen LogP contribution in [0.5, 0.6) is 0 Å². The molecule has 4 heteroatoms. The third-order valence-corrected chi connectivity index (χ3v) is 4.96. The first-order chi connectivity index (χ1) is 9.15. The average Bonchev–Trinajstić information content (AvgIpc) is 2.89. The molecule has 1 saturated carbocycles. The quantitative estimate of drug-likeness (QED) is 0.810. The van der Waals surface area contributed by atoms with Gasteiger partial charge >= 0.3 is 0 Å². The number of hydrogen-bond acceptors (Lipinski definition) is 3. The smallest absolute Gasteiger partial charge is 0.237 e. The molecule has 1 amide bonds. The first kappa shape index (κ1) is 14.3. The Hall–Kier alpha value is -1.16. The second-order valence-corrected chi connectivity index (χ2v) is 6.61. The zero-order valence-corrected chi connectivity index (χ0v) is 12.2. The number of carbonyl (C=O) groups is 1. The zero-order chi connectivity index (χ0) is 13.7. The molecule has 1 aromatic rings. The van der Waals surface area contributed by atoms with Crippen LogP contribution in [0.15, 0.2) is 24.3 Å². The normalized spacial score (nSPS) is 17.3. The highest BCUT2D eigenvalue weighted by molar-refractivity contribution is 8.00. The standard InChI is InChI=1S/C15H22N2OS/c1-11(19-10-12-5-2-3-6-12)15(18)17-14-8-4-7-13(16)9-14/h4,7-9,11-12H,2-3,5-6,10,16H2,1H3,(H,17,18). The van der Waals surface area contributed by atoms with Crippen LogP contribution in [-0.4, -0.2) is 16.9 Å². The summed E-state index contributed by atoms with van der Waals surface area (Å²) in [5.41, 5.74) is 7.14. The lowest BCUT2D eigenvalue weighted by molar-refractivity contribution is -0.115. The van der Waals surface area contributed by atoms with E-state index in [0.717, 1.165) is 17.4 Å².